The zero-order chi connectivity index (χ0) is 19.5. The molecule has 7 heteroatoms. The maximum Gasteiger partial charge on any atom is 0.413 e. The molecule has 1 aliphatic heterocycles. The fraction of sp³-hybridized carbons (Fsp3) is 0.286. The maximum absolute atomic E-state index is 12.9. The second kappa shape index (κ2) is 7.98. The van der Waals surface area contributed by atoms with Gasteiger partial charge in [-0.2, -0.15) is 0 Å². The third kappa shape index (κ3) is 3.84. The Morgan fingerprint density at radius 2 is 2.04 bits per heavy atom. The first kappa shape index (κ1) is 18.4. The fourth-order valence-electron chi connectivity index (χ4n) is 3.44. The zero-order valence-electron chi connectivity index (χ0n) is 15.6. The monoisotopic (exact) mass is 395 g/mol. The number of thiazole rings is 1. The van der Waals surface area contributed by atoms with E-state index in [0.717, 1.165) is 26.9 Å². The minimum absolute atomic E-state index is 0.107. The molecule has 1 aromatic heterocycles. The van der Waals surface area contributed by atoms with Crippen LogP contribution in [0, 0.1) is 0 Å². The Labute approximate surface area is 167 Å². The average molecular weight is 395 g/mol. The smallest absolute Gasteiger partial charge is 0.413 e. The first-order valence-corrected chi connectivity index (χ1v) is 10.1. The molecule has 3 aromatic rings. The molecule has 0 aliphatic carbocycles. The number of carbonyl (C=O) groups excluding carboxylic acids is 2. The molecule has 0 atom stereocenters. The predicted molar refractivity (Wildman–Crippen MR) is 110 cm³/mol. The highest BCUT2D eigenvalue weighted by molar-refractivity contribution is 7.15. The number of nitrogens with zero attached hydrogens (tertiary/aromatic N) is 2. The van der Waals surface area contributed by atoms with Gasteiger partial charge in [0.25, 0.3) is 0 Å². The van der Waals surface area contributed by atoms with Crippen LogP contribution in [0.25, 0.3) is 10.8 Å². The van der Waals surface area contributed by atoms with Crippen LogP contribution in [0.5, 0.6) is 0 Å². The van der Waals surface area contributed by atoms with Crippen LogP contribution >= 0.6 is 11.3 Å². The second-order valence-electron chi connectivity index (χ2n) is 6.61. The van der Waals surface area contributed by atoms with E-state index in [4.69, 9.17) is 4.74 Å². The fourth-order valence-corrected chi connectivity index (χ4v) is 4.45. The summed E-state index contributed by atoms with van der Waals surface area (Å²) >= 11 is 1.40. The Morgan fingerprint density at radius 1 is 1.21 bits per heavy atom. The molecule has 0 unspecified atom stereocenters. The number of hydrogen-bond acceptors (Lipinski definition) is 5. The van der Waals surface area contributed by atoms with Crippen LogP contribution in [0.15, 0.2) is 42.5 Å². The molecule has 0 saturated carbocycles. The van der Waals surface area contributed by atoms with Gasteiger partial charge in [0.15, 0.2) is 5.13 Å². The van der Waals surface area contributed by atoms with Crippen LogP contribution in [0.1, 0.15) is 23.1 Å². The highest BCUT2D eigenvalue weighted by atomic mass is 32.1. The summed E-state index contributed by atoms with van der Waals surface area (Å²) in [5.74, 6) is 0.107. The van der Waals surface area contributed by atoms with E-state index in [1.165, 1.54) is 11.3 Å². The average Bonchev–Trinajstić information content (AvgIpc) is 3.09. The molecule has 1 aliphatic rings. The Hall–Kier alpha value is -2.93. The van der Waals surface area contributed by atoms with Crippen molar-refractivity contribution in [2.24, 2.45) is 0 Å². The second-order valence-corrected chi connectivity index (χ2v) is 7.70. The molecule has 0 radical (unpaired) electrons. The molecule has 2 aromatic carbocycles. The van der Waals surface area contributed by atoms with E-state index < -0.39 is 6.09 Å². The Balaban J connectivity index is 1.46. The standard InChI is InChI=1S/C21H21N3O3S/c1-2-27-21(26)23-20-22-17-10-11-24(13-18(17)28-20)19(25)12-15-8-5-7-14-6-3-4-9-16(14)15/h3-9H,2,10-13H2,1H3,(H,22,23,26). The summed E-state index contributed by atoms with van der Waals surface area (Å²) < 4.78 is 4.89. The highest BCUT2D eigenvalue weighted by Gasteiger charge is 2.25. The number of aromatic nitrogens is 1. The van der Waals surface area contributed by atoms with E-state index in [2.05, 4.69) is 28.5 Å². The van der Waals surface area contributed by atoms with Crippen LogP contribution in [0.4, 0.5) is 9.93 Å². The largest absolute Gasteiger partial charge is 0.450 e. The molecule has 0 fully saturated rings. The molecular weight excluding hydrogens is 374 g/mol. The lowest BCUT2D eigenvalue weighted by Crippen LogP contribution is -2.36. The third-order valence-electron chi connectivity index (χ3n) is 4.79. The molecule has 28 heavy (non-hydrogen) atoms. The van der Waals surface area contributed by atoms with Crippen molar-refractivity contribution in [2.45, 2.75) is 26.3 Å². The molecule has 0 bridgehead atoms. The van der Waals surface area contributed by atoms with Gasteiger partial charge in [-0.15, -0.1) is 0 Å². The summed E-state index contributed by atoms with van der Waals surface area (Å²) in [6.07, 6.45) is 0.568. The molecule has 2 amide bonds. The van der Waals surface area contributed by atoms with Gasteiger partial charge in [-0.05, 0) is 23.3 Å². The Morgan fingerprint density at radius 3 is 2.89 bits per heavy atom. The molecule has 6 nitrogen and oxygen atoms in total. The summed E-state index contributed by atoms with van der Waals surface area (Å²) in [7, 11) is 0. The predicted octanol–water partition coefficient (Wildman–Crippen LogP) is 3.99. The molecule has 0 saturated heterocycles. The lowest BCUT2D eigenvalue weighted by atomic mass is 10.0. The summed E-state index contributed by atoms with van der Waals surface area (Å²) in [6, 6.07) is 14.2. The Kier molecular flexibility index (Phi) is 5.25. The minimum Gasteiger partial charge on any atom is -0.450 e. The minimum atomic E-state index is -0.502. The van der Waals surface area contributed by atoms with E-state index in [0.29, 0.717) is 37.7 Å². The van der Waals surface area contributed by atoms with Crippen molar-refractivity contribution in [3.05, 3.63) is 58.6 Å². The number of fused-ring (bicyclic) bond motifs is 2. The van der Waals surface area contributed by atoms with Crippen LogP contribution in [-0.2, 0) is 28.9 Å². The molecule has 144 valence electrons. The summed E-state index contributed by atoms with van der Waals surface area (Å²) in [5, 5.41) is 5.43. The van der Waals surface area contributed by atoms with Crippen molar-refractivity contribution >= 4 is 39.2 Å². The highest BCUT2D eigenvalue weighted by Crippen LogP contribution is 2.29. The normalized spacial score (nSPS) is 13.2. The molecule has 4 rings (SSSR count). The number of amides is 2. The van der Waals surface area contributed by atoms with Gasteiger partial charge in [0, 0.05) is 17.8 Å². The van der Waals surface area contributed by atoms with Crippen molar-refractivity contribution < 1.29 is 14.3 Å². The maximum atomic E-state index is 12.9. The quantitative estimate of drug-likeness (QED) is 0.725. The van der Waals surface area contributed by atoms with Crippen LogP contribution in [0.3, 0.4) is 0 Å². The van der Waals surface area contributed by atoms with Crippen LogP contribution < -0.4 is 5.32 Å². The first-order chi connectivity index (χ1) is 13.6. The van der Waals surface area contributed by atoms with E-state index >= 15 is 0 Å². The van der Waals surface area contributed by atoms with Gasteiger partial charge in [0.1, 0.15) is 0 Å². The van der Waals surface area contributed by atoms with Crippen molar-refractivity contribution in [1.82, 2.24) is 9.88 Å². The molecule has 1 N–H and O–H groups in total. The van der Waals surface area contributed by atoms with Gasteiger partial charge in [-0.25, -0.2) is 9.78 Å². The van der Waals surface area contributed by atoms with E-state index in [9.17, 15) is 9.59 Å². The van der Waals surface area contributed by atoms with Gasteiger partial charge in [0.2, 0.25) is 5.91 Å². The summed E-state index contributed by atoms with van der Waals surface area (Å²) in [4.78, 5) is 31.8. The third-order valence-corrected chi connectivity index (χ3v) is 5.79. The molecule has 2 heterocycles. The van der Waals surface area contributed by atoms with Crippen molar-refractivity contribution in [3.63, 3.8) is 0 Å². The SMILES string of the molecule is CCOC(=O)Nc1nc2c(s1)CN(C(=O)Cc1cccc3ccccc13)CC2. The molecule has 0 spiro atoms. The molecular formula is C21H21N3O3S. The van der Waals surface area contributed by atoms with Crippen LogP contribution in [0.2, 0.25) is 0 Å². The Bertz CT molecular complexity index is 1030. The lowest BCUT2D eigenvalue weighted by Gasteiger charge is -2.26. The number of benzene rings is 2. The van der Waals surface area contributed by atoms with Gasteiger partial charge in [-0.3, -0.25) is 10.1 Å². The van der Waals surface area contributed by atoms with Gasteiger partial charge >= 0.3 is 6.09 Å². The van der Waals surface area contributed by atoms with Gasteiger partial charge in [-0.1, -0.05) is 53.8 Å². The van der Waals surface area contributed by atoms with Gasteiger partial charge in [0.05, 0.1) is 25.3 Å². The topological polar surface area (TPSA) is 71.5 Å². The summed E-state index contributed by atoms with van der Waals surface area (Å²) in [5.41, 5.74) is 1.99. The number of ether oxygens (including phenoxy) is 1. The van der Waals surface area contributed by atoms with Crippen LogP contribution in [-0.4, -0.2) is 35.0 Å². The lowest BCUT2D eigenvalue weighted by molar-refractivity contribution is -0.131. The van der Waals surface area contributed by atoms with E-state index in [1.807, 2.05) is 29.2 Å². The van der Waals surface area contributed by atoms with E-state index in [1.54, 1.807) is 6.92 Å². The van der Waals surface area contributed by atoms with Crippen molar-refractivity contribution in [2.75, 3.05) is 18.5 Å². The number of anilines is 1. The number of hydrogen-bond donors (Lipinski definition) is 1. The van der Waals surface area contributed by atoms with E-state index in [-0.39, 0.29) is 5.91 Å². The zero-order valence-corrected chi connectivity index (χ0v) is 16.4. The first-order valence-electron chi connectivity index (χ1n) is 9.31. The van der Waals surface area contributed by atoms with Crippen molar-refractivity contribution in [3.8, 4) is 0 Å². The van der Waals surface area contributed by atoms with Gasteiger partial charge < -0.3 is 9.64 Å². The van der Waals surface area contributed by atoms with Crippen molar-refractivity contribution in [1.29, 1.82) is 0 Å². The number of nitrogens with one attached hydrogen (secondary N) is 1. The number of rotatable bonds is 4. The summed E-state index contributed by atoms with van der Waals surface area (Å²) in [6.45, 7) is 3.24. The number of carbonyl (C=O) groups is 2.